The summed E-state index contributed by atoms with van der Waals surface area (Å²) in [5.74, 6) is 0. The number of rotatable bonds is 4. The number of thiocarbonyl (C=S) groups is 1. The number of piperazine rings is 1. The molecule has 2 aromatic rings. The van der Waals surface area contributed by atoms with E-state index in [9.17, 15) is 8.76 Å². The molecule has 1 aromatic carbocycles. The van der Waals surface area contributed by atoms with Crippen LogP contribution in [0.5, 0.6) is 0 Å². The van der Waals surface area contributed by atoms with Gasteiger partial charge in [0.15, 0.2) is 4.90 Å². The number of aryl methyl sites for hydroxylation is 2. The Hall–Kier alpha value is -1.54. The Kier molecular flexibility index (Phi) is 6.39. The van der Waals surface area contributed by atoms with Gasteiger partial charge in [-0.15, -0.1) is 4.21 Å². The zero-order chi connectivity index (χ0) is 20.5. The second kappa shape index (κ2) is 8.45. The maximum atomic E-state index is 12.2. The molecule has 1 aromatic heterocycles. The number of hydrogen-bond acceptors (Lipinski definition) is 5. The van der Waals surface area contributed by atoms with Crippen molar-refractivity contribution < 1.29 is 8.76 Å². The summed E-state index contributed by atoms with van der Waals surface area (Å²) in [4.78, 5) is 9.99. The van der Waals surface area contributed by atoms with E-state index in [2.05, 4.69) is 33.8 Å². The van der Waals surface area contributed by atoms with Crippen LogP contribution in [0.15, 0.2) is 35.2 Å². The predicted molar refractivity (Wildman–Crippen MR) is 118 cm³/mol. The molecule has 1 aliphatic heterocycles. The van der Waals surface area contributed by atoms with Gasteiger partial charge in [0.25, 0.3) is 0 Å². The highest BCUT2D eigenvalue weighted by Crippen LogP contribution is 2.31. The van der Waals surface area contributed by atoms with Crippen molar-refractivity contribution in [3.8, 4) is 0 Å². The van der Waals surface area contributed by atoms with Crippen molar-refractivity contribution in [1.82, 2.24) is 9.88 Å². The minimum atomic E-state index is -3.36. The Morgan fingerprint density at radius 3 is 2.50 bits per heavy atom. The van der Waals surface area contributed by atoms with Crippen LogP contribution >= 0.6 is 23.8 Å². The van der Waals surface area contributed by atoms with Gasteiger partial charge in [-0.1, -0.05) is 23.8 Å². The average molecular weight is 438 g/mol. The van der Waals surface area contributed by atoms with E-state index < -0.39 is 10.2 Å². The monoisotopic (exact) mass is 437 g/mol. The van der Waals surface area contributed by atoms with E-state index in [1.807, 2.05) is 6.92 Å². The van der Waals surface area contributed by atoms with Crippen LogP contribution in [0.3, 0.4) is 0 Å². The molecule has 2 heterocycles. The van der Waals surface area contributed by atoms with Gasteiger partial charge in [-0.25, -0.2) is 0 Å². The third-order valence-corrected chi connectivity index (χ3v) is 6.54. The van der Waals surface area contributed by atoms with Crippen molar-refractivity contribution in [2.24, 2.45) is 0 Å². The molecular weight excluding hydrogens is 414 g/mol. The summed E-state index contributed by atoms with van der Waals surface area (Å²) < 4.78 is 24.3. The van der Waals surface area contributed by atoms with Gasteiger partial charge in [-0.2, -0.15) is 0 Å². The van der Waals surface area contributed by atoms with Crippen molar-refractivity contribution in [2.45, 2.75) is 25.2 Å². The van der Waals surface area contributed by atoms with E-state index >= 15 is 0 Å². The van der Waals surface area contributed by atoms with Gasteiger partial charge in [0, 0.05) is 55.1 Å². The molecule has 3 rings (SSSR count). The Morgan fingerprint density at radius 1 is 1.21 bits per heavy atom. The number of hydrogen-bond donors (Lipinski definition) is 0. The fourth-order valence-electron chi connectivity index (χ4n) is 3.53. The molecule has 1 saturated heterocycles. The number of sulfone groups is 1. The van der Waals surface area contributed by atoms with Crippen molar-refractivity contribution in [3.63, 3.8) is 0 Å². The van der Waals surface area contributed by atoms with Crippen LogP contribution in [0, 0.1) is 13.8 Å². The standard InChI is InChI=1S/C20H24ClN3O2S2/c1-14-10-15(2)22-17(11-14)13-20(27)24-8-6-23(7-9-24)18-5-4-16(21)12-19(18)28(3,25)26/h4-5,10-12H,6-9,13H2,1-3H3. The SMILES string of the molecule is Cc1cc(C)nc(CC(=S)N2CCN(c3ccc(Cl)cc3[S+](C)(=O)[O-])CC2)c1. The highest BCUT2D eigenvalue weighted by atomic mass is 35.5. The van der Waals surface area contributed by atoms with Gasteiger partial charge in [-0.05, 0) is 43.7 Å². The number of pyridine rings is 1. The summed E-state index contributed by atoms with van der Waals surface area (Å²) in [6.45, 7) is 6.94. The molecule has 1 aliphatic rings. The minimum absolute atomic E-state index is 0.274. The zero-order valence-corrected chi connectivity index (χ0v) is 18.7. The van der Waals surface area contributed by atoms with Crippen LogP contribution in [0.4, 0.5) is 5.69 Å². The van der Waals surface area contributed by atoms with E-state index in [0.717, 1.165) is 29.5 Å². The summed E-state index contributed by atoms with van der Waals surface area (Å²) in [6.07, 6.45) is 1.86. The van der Waals surface area contributed by atoms with Gasteiger partial charge < -0.3 is 14.4 Å². The van der Waals surface area contributed by atoms with Crippen molar-refractivity contribution in [1.29, 1.82) is 0 Å². The topological polar surface area (TPSA) is 59.5 Å². The molecule has 0 bridgehead atoms. The Labute approximate surface area is 178 Å². The number of halogens is 1. The lowest BCUT2D eigenvalue weighted by atomic mass is 10.1. The second-order valence-electron chi connectivity index (χ2n) is 7.21. The third kappa shape index (κ3) is 5.08. The molecular formula is C20H24ClN3O2S2. The van der Waals surface area contributed by atoms with Gasteiger partial charge in [0.05, 0.1) is 20.9 Å². The summed E-state index contributed by atoms with van der Waals surface area (Å²) in [5.41, 5.74) is 3.88. The maximum Gasteiger partial charge on any atom is 0.180 e. The largest absolute Gasteiger partial charge is 0.610 e. The number of aromatic nitrogens is 1. The molecule has 0 saturated carbocycles. The Balaban J connectivity index is 1.68. The van der Waals surface area contributed by atoms with E-state index in [0.29, 0.717) is 30.2 Å². The first-order valence-corrected chi connectivity index (χ1v) is 11.8. The number of nitrogens with zero attached hydrogens (tertiary/aromatic N) is 3. The van der Waals surface area contributed by atoms with Crippen LogP contribution in [0.1, 0.15) is 17.0 Å². The molecule has 8 heteroatoms. The smallest absolute Gasteiger partial charge is 0.180 e. The summed E-state index contributed by atoms with van der Waals surface area (Å²) in [6, 6.07) is 9.16. The van der Waals surface area contributed by atoms with Crippen molar-refractivity contribution in [3.05, 3.63) is 52.3 Å². The first kappa shape index (κ1) is 21.2. The summed E-state index contributed by atoms with van der Waals surface area (Å²) in [5, 5.41) is 0.421. The lowest BCUT2D eigenvalue weighted by Gasteiger charge is -2.38. The first-order chi connectivity index (χ1) is 13.1. The zero-order valence-electron chi connectivity index (χ0n) is 16.3. The van der Waals surface area contributed by atoms with Gasteiger partial charge in [0.2, 0.25) is 0 Å². The van der Waals surface area contributed by atoms with E-state index in [4.69, 9.17) is 23.8 Å². The molecule has 0 aliphatic carbocycles. The molecule has 0 N–H and O–H groups in total. The first-order valence-electron chi connectivity index (χ1n) is 9.10. The molecule has 1 fully saturated rings. The molecule has 150 valence electrons. The highest BCUT2D eigenvalue weighted by molar-refractivity contribution is 7.97. The van der Waals surface area contributed by atoms with Crippen LogP contribution in [-0.2, 0) is 20.8 Å². The Morgan fingerprint density at radius 2 is 1.89 bits per heavy atom. The lowest BCUT2D eigenvalue weighted by Crippen LogP contribution is -2.49. The van der Waals surface area contributed by atoms with Crippen LogP contribution in [0.2, 0.25) is 5.02 Å². The summed E-state index contributed by atoms with van der Waals surface area (Å²) >= 11 is 11.7. The average Bonchev–Trinajstić information content (AvgIpc) is 2.60. The molecule has 1 atom stereocenters. The number of anilines is 1. The molecule has 0 radical (unpaired) electrons. The molecule has 0 spiro atoms. The molecule has 1 unspecified atom stereocenters. The molecule has 0 amide bonds. The van der Waals surface area contributed by atoms with E-state index in [1.165, 1.54) is 17.9 Å². The lowest BCUT2D eigenvalue weighted by molar-refractivity contribution is 0.385. The van der Waals surface area contributed by atoms with Gasteiger partial charge in [0.1, 0.15) is 6.26 Å². The van der Waals surface area contributed by atoms with E-state index in [-0.39, 0.29) is 4.90 Å². The van der Waals surface area contributed by atoms with E-state index in [1.54, 1.807) is 12.1 Å². The minimum Gasteiger partial charge on any atom is -0.610 e. The Bertz CT molecular complexity index is 917. The van der Waals surface area contributed by atoms with Crippen LogP contribution in [0.25, 0.3) is 0 Å². The fraction of sp³-hybridized carbons (Fsp3) is 0.400. The molecule has 5 nitrogen and oxygen atoms in total. The summed E-state index contributed by atoms with van der Waals surface area (Å²) in [7, 11) is -3.36. The van der Waals surface area contributed by atoms with Gasteiger partial charge >= 0.3 is 0 Å². The quantitative estimate of drug-likeness (QED) is 0.537. The van der Waals surface area contributed by atoms with Crippen molar-refractivity contribution in [2.75, 3.05) is 37.3 Å². The highest BCUT2D eigenvalue weighted by Gasteiger charge is 2.26. The van der Waals surface area contributed by atoms with Crippen LogP contribution in [-0.4, -0.2) is 51.9 Å². The van der Waals surface area contributed by atoms with Crippen molar-refractivity contribution >= 4 is 44.7 Å². The van der Waals surface area contributed by atoms with Gasteiger partial charge in [-0.3, -0.25) is 4.98 Å². The second-order valence-corrected chi connectivity index (χ2v) is 10.1. The number of benzene rings is 1. The fourth-order valence-corrected chi connectivity index (χ4v) is 5.01. The normalized spacial score (nSPS) is 16.8. The third-order valence-electron chi connectivity index (χ3n) is 4.78. The maximum absolute atomic E-state index is 12.2. The molecule has 28 heavy (non-hydrogen) atoms. The van der Waals surface area contributed by atoms with Crippen LogP contribution < -0.4 is 4.90 Å². The predicted octanol–water partition coefficient (Wildman–Crippen LogP) is 3.66.